The number of para-hydroxylation sites is 1. The molecular formula is C17H26N2. The van der Waals surface area contributed by atoms with E-state index in [1.54, 1.807) is 0 Å². The Hall–Kier alpha value is -1.02. The number of anilines is 1. The van der Waals surface area contributed by atoms with Gasteiger partial charge in [-0.2, -0.15) is 0 Å². The molecule has 0 aromatic heterocycles. The number of fused-ring (bicyclic) bond motifs is 1. The topological polar surface area (TPSA) is 24.1 Å². The normalized spacial score (nSPS) is 20.9. The highest BCUT2D eigenvalue weighted by molar-refractivity contribution is 5.61. The van der Waals surface area contributed by atoms with Gasteiger partial charge in [-0.3, -0.25) is 0 Å². The van der Waals surface area contributed by atoms with Crippen molar-refractivity contribution in [3.05, 3.63) is 29.3 Å². The fraction of sp³-hybridized carbons (Fsp3) is 0.647. The molecule has 19 heavy (non-hydrogen) atoms. The summed E-state index contributed by atoms with van der Waals surface area (Å²) in [5, 5.41) is 7.29. The van der Waals surface area contributed by atoms with Crippen LogP contribution in [0.25, 0.3) is 0 Å². The number of hydrogen-bond donors (Lipinski definition) is 2. The van der Waals surface area contributed by atoms with Gasteiger partial charge in [0, 0.05) is 24.8 Å². The van der Waals surface area contributed by atoms with Gasteiger partial charge in [0.2, 0.25) is 0 Å². The molecule has 2 heteroatoms. The summed E-state index contributed by atoms with van der Waals surface area (Å²) in [6.45, 7) is 4.48. The molecule has 0 saturated heterocycles. The van der Waals surface area contributed by atoms with Gasteiger partial charge in [0.15, 0.2) is 0 Å². The number of hydrogen-bond acceptors (Lipinski definition) is 2. The summed E-state index contributed by atoms with van der Waals surface area (Å²) in [4.78, 5) is 0. The molecule has 0 spiro atoms. The Morgan fingerprint density at radius 1 is 1.26 bits per heavy atom. The minimum absolute atomic E-state index is 0.651. The summed E-state index contributed by atoms with van der Waals surface area (Å²) in [7, 11) is 0. The second kappa shape index (κ2) is 5.96. The number of rotatable bonds is 4. The minimum Gasteiger partial charge on any atom is -0.384 e. The van der Waals surface area contributed by atoms with Crippen LogP contribution in [0.2, 0.25) is 0 Å². The smallest absolute Gasteiger partial charge is 0.0419 e. The monoisotopic (exact) mass is 258 g/mol. The van der Waals surface area contributed by atoms with Gasteiger partial charge in [-0.05, 0) is 43.2 Å². The first-order chi connectivity index (χ1) is 9.34. The lowest BCUT2D eigenvalue weighted by molar-refractivity contribution is 0.281. The quantitative estimate of drug-likeness (QED) is 0.860. The van der Waals surface area contributed by atoms with Crippen molar-refractivity contribution in [2.24, 2.45) is 5.92 Å². The van der Waals surface area contributed by atoms with E-state index in [9.17, 15) is 0 Å². The average molecular weight is 258 g/mol. The van der Waals surface area contributed by atoms with Gasteiger partial charge in [-0.1, -0.05) is 37.5 Å². The van der Waals surface area contributed by atoms with Crippen LogP contribution in [-0.2, 0) is 13.0 Å². The van der Waals surface area contributed by atoms with E-state index in [2.05, 4.69) is 35.8 Å². The molecule has 1 heterocycles. The van der Waals surface area contributed by atoms with Crippen LogP contribution in [0.3, 0.4) is 0 Å². The summed E-state index contributed by atoms with van der Waals surface area (Å²) in [6, 6.07) is 7.37. The van der Waals surface area contributed by atoms with Gasteiger partial charge in [0.05, 0.1) is 0 Å². The highest BCUT2D eigenvalue weighted by atomic mass is 14.9. The van der Waals surface area contributed by atoms with Crippen molar-refractivity contribution in [2.75, 3.05) is 11.9 Å². The number of benzene rings is 1. The van der Waals surface area contributed by atoms with Crippen molar-refractivity contribution in [1.29, 1.82) is 0 Å². The highest BCUT2D eigenvalue weighted by Gasteiger charge is 2.20. The second-order valence-electron chi connectivity index (χ2n) is 6.20. The van der Waals surface area contributed by atoms with Crippen molar-refractivity contribution < 1.29 is 0 Å². The largest absolute Gasteiger partial charge is 0.384 e. The molecule has 2 N–H and O–H groups in total. The Labute approximate surface area is 117 Å². The molecule has 3 rings (SSSR count). The van der Waals surface area contributed by atoms with E-state index < -0.39 is 0 Å². The van der Waals surface area contributed by atoms with Gasteiger partial charge >= 0.3 is 0 Å². The van der Waals surface area contributed by atoms with E-state index in [-0.39, 0.29) is 0 Å². The average Bonchev–Trinajstić information content (AvgIpc) is 2.94. The van der Waals surface area contributed by atoms with Crippen LogP contribution < -0.4 is 10.6 Å². The predicted octanol–water partition coefficient (Wildman–Crippen LogP) is 3.71. The fourth-order valence-electron chi connectivity index (χ4n) is 3.63. The lowest BCUT2D eigenvalue weighted by atomic mass is 9.84. The van der Waals surface area contributed by atoms with Crippen LogP contribution in [0.5, 0.6) is 0 Å². The van der Waals surface area contributed by atoms with Crippen LogP contribution in [-0.4, -0.2) is 12.6 Å². The molecule has 1 aromatic rings. The van der Waals surface area contributed by atoms with E-state index in [4.69, 9.17) is 0 Å². The Balaban J connectivity index is 1.58. The Morgan fingerprint density at radius 2 is 2.11 bits per heavy atom. The van der Waals surface area contributed by atoms with Gasteiger partial charge in [-0.15, -0.1) is 0 Å². The van der Waals surface area contributed by atoms with E-state index in [1.165, 1.54) is 55.3 Å². The maximum absolute atomic E-state index is 3.76. The fourth-order valence-corrected chi connectivity index (χ4v) is 3.63. The zero-order valence-corrected chi connectivity index (χ0v) is 12.0. The first-order valence-corrected chi connectivity index (χ1v) is 7.92. The van der Waals surface area contributed by atoms with Crippen molar-refractivity contribution in [3.8, 4) is 0 Å². The summed E-state index contributed by atoms with van der Waals surface area (Å²) in [5.74, 6) is 0.887. The highest BCUT2D eigenvalue weighted by Crippen LogP contribution is 2.28. The van der Waals surface area contributed by atoms with Crippen LogP contribution in [0.15, 0.2) is 18.2 Å². The molecule has 1 aromatic carbocycles. The van der Waals surface area contributed by atoms with E-state index in [0.717, 1.165) is 19.0 Å². The molecule has 0 radical (unpaired) electrons. The molecule has 0 amide bonds. The first kappa shape index (κ1) is 13.0. The van der Waals surface area contributed by atoms with E-state index in [0.29, 0.717) is 6.04 Å². The van der Waals surface area contributed by atoms with Crippen LogP contribution in [0, 0.1) is 5.92 Å². The lowest BCUT2D eigenvalue weighted by Crippen LogP contribution is -2.34. The van der Waals surface area contributed by atoms with Gasteiger partial charge < -0.3 is 10.6 Å². The summed E-state index contributed by atoms with van der Waals surface area (Å²) in [6.07, 6.45) is 8.32. The molecule has 1 saturated carbocycles. The molecule has 1 aliphatic carbocycles. The van der Waals surface area contributed by atoms with Crippen LogP contribution in [0.4, 0.5) is 5.69 Å². The first-order valence-electron chi connectivity index (χ1n) is 7.92. The SMILES string of the molecule is C[C@@H](NCc1cccc2c1NCC2)C1CCCCC1. The zero-order valence-electron chi connectivity index (χ0n) is 12.0. The molecular weight excluding hydrogens is 232 g/mol. The van der Waals surface area contributed by atoms with Crippen molar-refractivity contribution in [1.82, 2.24) is 5.32 Å². The maximum Gasteiger partial charge on any atom is 0.0419 e. The van der Waals surface area contributed by atoms with Gasteiger partial charge in [0.25, 0.3) is 0 Å². The predicted molar refractivity (Wildman–Crippen MR) is 81.5 cm³/mol. The Kier molecular flexibility index (Phi) is 4.07. The summed E-state index contributed by atoms with van der Waals surface area (Å²) in [5.41, 5.74) is 4.33. The van der Waals surface area contributed by atoms with Crippen molar-refractivity contribution >= 4 is 5.69 Å². The molecule has 104 valence electrons. The minimum atomic E-state index is 0.651. The molecule has 2 aliphatic rings. The maximum atomic E-state index is 3.76. The molecule has 1 atom stereocenters. The number of nitrogens with one attached hydrogen (secondary N) is 2. The second-order valence-corrected chi connectivity index (χ2v) is 6.20. The van der Waals surface area contributed by atoms with Crippen molar-refractivity contribution in [2.45, 2.75) is 58.0 Å². The summed E-state index contributed by atoms with van der Waals surface area (Å²) < 4.78 is 0. The zero-order chi connectivity index (χ0) is 13.1. The van der Waals surface area contributed by atoms with Crippen molar-refractivity contribution in [3.63, 3.8) is 0 Å². The van der Waals surface area contributed by atoms with Gasteiger partial charge in [-0.25, -0.2) is 0 Å². The lowest BCUT2D eigenvalue weighted by Gasteiger charge is -2.28. The standard InChI is InChI=1S/C17H26N2/c1-13(14-6-3-2-4-7-14)19-12-16-9-5-8-15-10-11-18-17(15)16/h5,8-9,13-14,18-19H,2-4,6-7,10-12H2,1H3/t13-/m1/s1. The van der Waals surface area contributed by atoms with Crippen LogP contribution >= 0.6 is 0 Å². The van der Waals surface area contributed by atoms with E-state index >= 15 is 0 Å². The molecule has 2 nitrogen and oxygen atoms in total. The Morgan fingerprint density at radius 3 is 2.95 bits per heavy atom. The molecule has 1 fully saturated rings. The van der Waals surface area contributed by atoms with Crippen LogP contribution in [0.1, 0.15) is 50.2 Å². The Bertz CT molecular complexity index is 421. The third-order valence-electron chi connectivity index (χ3n) is 4.90. The third kappa shape index (κ3) is 2.94. The molecule has 0 unspecified atom stereocenters. The molecule has 1 aliphatic heterocycles. The summed E-state index contributed by atoms with van der Waals surface area (Å²) >= 11 is 0. The van der Waals surface area contributed by atoms with E-state index in [1.807, 2.05) is 0 Å². The third-order valence-corrected chi connectivity index (χ3v) is 4.90. The molecule has 0 bridgehead atoms. The van der Waals surface area contributed by atoms with Gasteiger partial charge in [0.1, 0.15) is 0 Å².